The summed E-state index contributed by atoms with van der Waals surface area (Å²) >= 11 is 0. The van der Waals surface area contributed by atoms with Crippen molar-refractivity contribution in [2.24, 2.45) is 0 Å². The van der Waals surface area contributed by atoms with Crippen LogP contribution in [0.3, 0.4) is 0 Å². The lowest BCUT2D eigenvalue weighted by atomic mass is 9.75. The third-order valence-electron chi connectivity index (χ3n) is 4.40. The van der Waals surface area contributed by atoms with Gasteiger partial charge in [0.05, 0.1) is 12.2 Å². The van der Waals surface area contributed by atoms with Crippen LogP contribution in [0.2, 0.25) is 0 Å². The van der Waals surface area contributed by atoms with E-state index in [1.165, 1.54) is 0 Å². The van der Waals surface area contributed by atoms with Crippen LogP contribution in [0.25, 0.3) is 0 Å². The van der Waals surface area contributed by atoms with Gasteiger partial charge < -0.3 is 10.1 Å². The van der Waals surface area contributed by atoms with Crippen LogP contribution in [-0.2, 0) is 14.3 Å². The second-order valence-electron chi connectivity index (χ2n) is 5.90. The molecule has 120 valence electrons. The second kappa shape index (κ2) is 6.41. The third kappa shape index (κ3) is 2.81. The first kappa shape index (κ1) is 15.5. The standard InChI is InChI=1S/C19H21NO3/c1-3-23-19(22)16-12(2)20-14-10-7-11-15(21)18(14)17(16)13-8-5-4-6-9-13/h4-6,8-9,17,20H,3,7,10-11H2,1-2H3/t17-/m1/s1. The Hall–Kier alpha value is -2.36. The SMILES string of the molecule is CCOC(=O)C1=C(C)NC2=C(C(=O)CCC2)[C@@H]1c1ccccc1. The number of hydrogen-bond donors (Lipinski definition) is 1. The van der Waals surface area contributed by atoms with Crippen LogP contribution in [-0.4, -0.2) is 18.4 Å². The van der Waals surface area contributed by atoms with Crippen molar-refractivity contribution in [3.63, 3.8) is 0 Å². The monoisotopic (exact) mass is 311 g/mol. The Bertz CT molecular complexity index is 701. The van der Waals surface area contributed by atoms with E-state index < -0.39 is 0 Å². The van der Waals surface area contributed by atoms with Crippen molar-refractivity contribution in [1.29, 1.82) is 0 Å². The quantitative estimate of drug-likeness (QED) is 0.871. The highest BCUT2D eigenvalue weighted by atomic mass is 16.5. The highest BCUT2D eigenvalue weighted by Crippen LogP contribution is 2.42. The number of hydrogen-bond acceptors (Lipinski definition) is 4. The summed E-state index contributed by atoms with van der Waals surface area (Å²) in [6, 6.07) is 9.74. The molecule has 1 aromatic rings. The number of ketones is 1. The molecular weight excluding hydrogens is 290 g/mol. The molecule has 0 aromatic heterocycles. The topological polar surface area (TPSA) is 55.4 Å². The lowest BCUT2D eigenvalue weighted by molar-refractivity contribution is -0.138. The van der Waals surface area contributed by atoms with E-state index in [2.05, 4.69) is 5.32 Å². The van der Waals surface area contributed by atoms with Gasteiger partial charge in [0, 0.05) is 29.3 Å². The molecule has 0 amide bonds. The first-order valence-electron chi connectivity index (χ1n) is 8.09. The van der Waals surface area contributed by atoms with E-state index in [4.69, 9.17) is 4.74 Å². The summed E-state index contributed by atoms with van der Waals surface area (Å²) in [4.78, 5) is 25.1. The molecule has 1 aliphatic carbocycles. The normalized spacial score (nSPS) is 21.0. The zero-order valence-electron chi connectivity index (χ0n) is 13.5. The van der Waals surface area contributed by atoms with Crippen LogP contribution < -0.4 is 5.32 Å². The smallest absolute Gasteiger partial charge is 0.336 e. The van der Waals surface area contributed by atoms with Crippen molar-refractivity contribution < 1.29 is 14.3 Å². The fourth-order valence-corrected chi connectivity index (χ4v) is 3.44. The number of allylic oxidation sites excluding steroid dienone is 3. The van der Waals surface area contributed by atoms with E-state index in [9.17, 15) is 9.59 Å². The minimum absolute atomic E-state index is 0.127. The maximum Gasteiger partial charge on any atom is 0.336 e. The summed E-state index contributed by atoms with van der Waals surface area (Å²) in [5.74, 6) is -0.558. The van der Waals surface area contributed by atoms with Gasteiger partial charge in [-0.2, -0.15) is 0 Å². The van der Waals surface area contributed by atoms with E-state index in [1.807, 2.05) is 37.3 Å². The van der Waals surface area contributed by atoms with E-state index in [-0.39, 0.29) is 17.7 Å². The minimum Gasteiger partial charge on any atom is -0.463 e. The lowest BCUT2D eigenvalue weighted by Crippen LogP contribution is -2.34. The van der Waals surface area contributed by atoms with Crippen molar-refractivity contribution in [1.82, 2.24) is 5.32 Å². The van der Waals surface area contributed by atoms with Crippen molar-refractivity contribution in [2.75, 3.05) is 6.61 Å². The maximum absolute atomic E-state index is 12.6. The van der Waals surface area contributed by atoms with Crippen LogP contribution in [0.5, 0.6) is 0 Å². The number of ether oxygens (including phenoxy) is 1. The summed E-state index contributed by atoms with van der Waals surface area (Å²) in [5.41, 5.74) is 3.98. The van der Waals surface area contributed by atoms with Crippen LogP contribution >= 0.6 is 0 Å². The van der Waals surface area contributed by atoms with Gasteiger partial charge in [0.1, 0.15) is 0 Å². The maximum atomic E-state index is 12.6. The van der Waals surface area contributed by atoms with E-state index >= 15 is 0 Å². The van der Waals surface area contributed by atoms with Gasteiger partial charge in [-0.25, -0.2) is 4.79 Å². The molecule has 0 radical (unpaired) electrons. The molecule has 1 N–H and O–H groups in total. The van der Waals surface area contributed by atoms with Gasteiger partial charge in [0.25, 0.3) is 0 Å². The molecule has 0 unspecified atom stereocenters. The Labute approximate surface area is 136 Å². The van der Waals surface area contributed by atoms with Crippen molar-refractivity contribution in [3.05, 3.63) is 58.4 Å². The lowest BCUT2D eigenvalue weighted by Gasteiger charge is -2.34. The van der Waals surface area contributed by atoms with Crippen molar-refractivity contribution in [2.45, 2.75) is 39.0 Å². The predicted molar refractivity (Wildman–Crippen MR) is 87.5 cm³/mol. The molecule has 1 aliphatic heterocycles. The van der Waals surface area contributed by atoms with Gasteiger partial charge in [0.15, 0.2) is 5.78 Å². The average Bonchev–Trinajstić information content (AvgIpc) is 2.54. The predicted octanol–water partition coefficient (Wildman–Crippen LogP) is 3.22. The molecule has 2 aliphatic rings. The van der Waals surface area contributed by atoms with Gasteiger partial charge in [-0.15, -0.1) is 0 Å². The molecule has 1 atom stereocenters. The second-order valence-corrected chi connectivity index (χ2v) is 5.90. The number of carbonyl (C=O) groups is 2. The number of esters is 1. The number of Topliss-reactive ketones (excluding diaryl/α,β-unsaturated/α-hetero) is 1. The van der Waals surface area contributed by atoms with E-state index in [0.717, 1.165) is 35.4 Å². The summed E-state index contributed by atoms with van der Waals surface area (Å²) in [6.45, 7) is 3.99. The molecule has 23 heavy (non-hydrogen) atoms. The van der Waals surface area contributed by atoms with Crippen LogP contribution in [0.15, 0.2) is 52.9 Å². The zero-order valence-corrected chi connectivity index (χ0v) is 13.5. The largest absolute Gasteiger partial charge is 0.463 e. The Morgan fingerprint density at radius 3 is 2.70 bits per heavy atom. The summed E-state index contributed by atoms with van der Waals surface area (Å²) in [6.07, 6.45) is 2.24. The number of rotatable bonds is 3. The first-order valence-corrected chi connectivity index (χ1v) is 8.09. The molecular formula is C19H21NO3. The summed E-state index contributed by atoms with van der Waals surface area (Å²) in [5, 5.41) is 3.28. The third-order valence-corrected chi connectivity index (χ3v) is 4.40. The number of carbonyl (C=O) groups excluding carboxylic acids is 2. The van der Waals surface area contributed by atoms with Crippen LogP contribution in [0, 0.1) is 0 Å². The zero-order chi connectivity index (χ0) is 16.4. The van der Waals surface area contributed by atoms with Gasteiger partial charge in [-0.05, 0) is 32.3 Å². The van der Waals surface area contributed by atoms with Crippen LogP contribution in [0.1, 0.15) is 44.6 Å². The first-order chi connectivity index (χ1) is 11.1. The Morgan fingerprint density at radius 2 is 2.00 bits per heavy atom. The molecule has 4 nitrogen and oxygen atoms in total. The molecule has 0 bridgehead atoms. The number of nitrogens with one attached hydrogen (secondary N) is 1. The number of benzene rings is 1. The highest BCUT2D eigenvalue weighted by Gasteiger charge is 2.38. The fourth-order valence-electron chi connectivity index (χ4n) is 3.44. The molecule has 1 heterocycles. The van der Waals surface area contributed by atoms with Gasteiger partial charge >= 0.3 is 5.97 Å². The summed E-state index contributed by atoms with van der Waals surface area (Å²) < 4.78 is 5.25. The molecule has 0 saturated heterocycles. The fraction of sp³-hybridized carbons (Fsp3) is 0.368. The molecule has 4 heteroatoms. The summed E-state index contributed by atoms with van der Waals surface area (Å²) in [7, 11) is 0. The van der Waals surface area contributed by atoms with Crippen molar-refractivity contribution in [3.8, 4) is 0 Å². The average molecular weight is 311 g/mol. The van der Waals surface area contributed by atoms with Gasteiger partial charge in [-0.3, -0.25) is 4.79 Å². The van der Waals surface area contributed by atoms with Crippen LogP contribution in [0.4, 0.5) is 0 Å². The molecule has 0 saturated carbocycles. The molecule has 3 rings (SSSR count). The Kier molecular flexibility index (Phi) is 4.33. The van der Waals surface area contributed by atoms with E-state index in [0.29, 0.717) is 18.6 Å². The Balaban J connectivity index is 2.15. The molecule has 1 aromatic carbocycles. The number of dihydropyridines is 1. The minimum atomic E-state index is -0.351. The Morgan fingerprint density at radius 1 is 1.26 bits per heavy atom. The van der Waals surface area contributed by atoms with Gasteiger partial charge in [0.2, 0.25) is 0 Å². The van der Waals surface area contributed by atoms with Gasteiger partial charge in [-0.1, -0.05) is 30.3 Å². The molecule has 0 spiro atoms. The molecule has 0 fully saturated rings. The van der Waals surface area contributed by atoms with E-state index in [1.54, 1.807) is 6.92 Å². The van der Waals surface area contributed by atoms with Crippen molar-refractivity contribution >= 4 is 11.8 Å². The highest BCUT2D eigenvalue weighted by molar-refractivity contribution is 6.03.